The molecule has 90 valence electrons. The Labute approximate surface area is 120 Å². The minimum absolute atomic E-state index is 0.733. The van der Waals surface area contributed by atoms with Crippen LogP contribution >= 0.6 is 43.2 Å². The number of hydrogen-bond donors (Lipinski definition) is 2. The van der Waals surface area contributed by atoms with Gasteiger partial charge in [0.2, 0.25) is 0 Å². The Morgan fingerprint density at radius 1 is 1.29 bits per heavy atom. The fourth-order valence-electron chi connectivity index (χ4n) is 1.28. The van der Waals surface area contributed by atoms with Crippen molar-refractivity contribution in [3.05, 3.63) is 31.6 Å². The van der Waals surface area contributed by atoms with Crippen LogP contribution in [0.15, 0.2) is 26.7 Å². The summed E-state index contributed by atoms with van der Waals surface area (Å²) in [5.74, 6) is 1.55. The molecular weight excluding hydrogens is 368 g/mol. The third-order valence-electron chi connectivity index (χ3n) is 2.13. The lowest BCUT2D eigenvalue weighted by Crippen LogP contribution is -2.04. The van der Waals surface area contributed by atoms with Gasteiger partial charge in [-0.25, -0.2) is 9.97 Å². The standard InChI is InChI=1S/C10H10Br2N4S/c1-13-9-8(12)10(16-5-15-9)14-4-7-6(11)2-3-17-7/h2-3,5H,4H2,1H3,(H2,13,14,15,16). The summed E-state index contributed by atoms with van der Waals surface area (Å²) in [6.07, 6.45) is 1.53. The fourth-order valence-corrected chi connectivity index (χ4v) is 3.26. The van der Waals surface area contributed by atoms with E-state index in [1.54, 1.807) is 11.3 Å². The van der Waals surface area contributed by atoms with Crippen LogP contribution in [0.4, 0.5) is 11.6 Å². The molecule has 0 fully saturated rings. The molecule has 0 aliphatic heterocycles. The molecule has 0 aliphatic carbocycles. The van der Waals surface area contributed by atoms with Crippen molar-refractivity contribution in [3.63, 3.8) is 0 Å². The summed E-state index contributed by atoms with van der Waals surface area (Å²) in [6.45, 7) is 0.733. The quantitative estimate of drug-likeness (QED) is 0.852. The van der Waals surface area contributed by atoms with Crippen LogP contribution in [0.2, 0.25) is 0 Å². The molecule has 0 saturated heterocycles. The van der Waals surface area contributed by atoms with E-state index < -0.39 is 0 Å². The van der Waals surface area contributed by atoms with E-state index in [0.717, 1.165) is 27.1 Å². The Bertz CT molecular complexity index is 515. The van der Waals surface area contributed by atoms with Crippen molar-refractivity contribution < 1.29 is 0 Å². The van der Waals surface area contributed by atoms with Gasteiger partial charge in [0.1, 0.15) is 22.4 Å². The summed E-state index contributed by atoms with van der Waals surface area (Å²) in [6, 6.07) is 2.04. The van der Waals surface area contributed by atoms with E-state index in [4.69, 9.17) is 0 Å². The second kappa shape index (κ2) is 5.79. The highest BCUT2D eigenvalue weighted by molar-refractivity contribution is 9.11. The highest BCUT2D eigenvalue weighted by Gasteiger charge is 2.08. The normalized spacial score (nSPS) is 10.3. The van der Waals surface area contributed by atoms with Crippen molar-refractivity contribution in [3.8, 4) is 0 Å². The van der Waals surface area contributed by atoms with Gasteiger partial charge in [-0.05, 0) is 43.3 Å². The van der Waals surface area contributed by atoms with Crippen LogP contribution in [0.1, 0.15) is 4.88 Å². The van der Waals surface area contributed by atoms with Crippen molar-refractivity contribution >= 4 is 54.8 Å². The molecule has 7 heteroatoms. The van der Waals surface area contributed by atoms with Crippen LogP contribution in [0.3, 0.4) is 0 Å². The molecule has 2 N–H and O–H groups in total. The van der Waals surface area contributed by atoms with Gasteiger partial charge in [-0.15, -0.1) is 11.3 Å². The van der Waals surface area contributed by atoms with Crippen molar-refractivity contribution in [2.45, 2.75) is 6.54 Å². The Hall–Kier alpha value is -0.660. The molecule has 0 bridgehead atoms. The summed E-state index contributed by atoms with van der Waals surface area (Å²) in [7, 11) is 1.83. The first kappa shape index (κ1) is 12.8. The van der Waals surface area contributed by atoms with E-state index in [9.17, 15) is 0 Å². The lowest BCUT2D eigenvalue weighted by molar-refractivity contribution is 1.08. The second-order valence-electron chi connectivity index (χ2n) is 3.18. The van der Waals surface area contributed by atoms with Crippen LogP contribution in [0, 0.1) is 0 Å². The number of thiophene rings is 1. The number of nitrogens with one attached hydrogen (secondary N) is 2. The summed E-state index contributed by atoms with van der Waals surface area (Å²) in [5, 5.41) is 8.32. The first-order chi connectivity index (χ1) is 8.22. The highest BCUT2D eigenvalue weighted by Crippen LogP contribution is 2.28. The number of rotatable bonds is 4. The SMILES string of the molecule is CNc1ncnc(NCc2sccc2Br)c1Br. The van der Waals surface area contributed by atoms with E-state index in [0.29, 0.717) is 0 Å². The zero-order chi connectivity index (χ0) is 12.3. The van der Waals surface area contributed by atoms with E-state index in [1.165, 1.54) is 11.2 Å². The maximum absolute atomic E-state index is 4.20. The van der Waals surface area contributed by atoms with Crippen LogP contribution < -0.4 is 10.6 Å². The van der Waals surface area contributed by atoms with Gasteiger partial charge in [0.15, 0.2) is 0 Å². The molecule has 17 heavy (non-hydrogen) atoms. The summed E-state index contributed by atoms with van der Waals surface area (Å²) in [5.41, 5.74) is 0. The van der Waals surface area contributed by atoms with Gasteiger partial charge >= 0.3 is 0 Å². The van der Waals surface area contributed by atoms with Crippen LogP contribution in [-0.2, 0) is 6.54 Å². The maximum Gasteiger partial charge on any atom is 0.146 e. The van der Waals surface area contributed by atoms with Crippen molar-refractivity contribution in [1.82, 2.24) is 9.97 Å². The van der Waals surface area contributed by atoms with Crippen LogP contribution in [0.5, 0.6) is 0 Å². The lowest BCUT2D eigenvalue weighted by Gasteiger charge is -2.09. The van der Waals surface area contributed by atoms with Crippen LogP contribution in [-0.4, -0.2) is 17.0 Å². The summed E-state index contributed by atoms with van der Waals surface area (Å²) >= 11 is 8.67. The summed E-state index contributed by atoms with van der Waals surface area (Å²) < 4.78 is 1.96. The topological polar surface area (TPSA) is 49.8 Å². The van der Waals surface area contributed by atoms with E-state index in [2.05, 4.69) is 57.8 Å². The largest absolute Gasteiger partial charge is 0.372 e. The minimum Gasteiger partial charge on any atom is -0.372 e. The molecule has 2 heterocycles. The number of halogens is 2. The van der Waals surface area contributed by atoms with Gasteiger partial charge < -0.3 is 10.6 Å². The Morgan fingerprint density at radius 3 is 2.71 bits per heavy atom. The van der Waals surface area contributed by atoms with Crippen molar-refractivity contribution in [1.29, 1.82) is 0 Å². The van der Waals surface area contributed by atoms with Crippen molar-refractivity contribution in [2.75, 3.05) is 17.7 Å². The van der Waals surface area contributed by atoms with Gasteiger partial charge in [0.25, 0.3) is 0 Å². The Balaban J connectivity index is 2.12. The molecular formula is C10H10Br2N4S. The first-order valence-electron chi connectivity index (χ1n) is 4.86. The molecule has 0 spiro atoms. The predicted molar refractivity (Wildman–Crippen MR) is 78.6 cm³/mol. The van der Waals surface area contributed by atoms with Crippen LogP contribution in [0.25, 0.3) is 0 Å². The van der Waals surface area contributed by atoms with Gasteiger partial charge in [0.05, 0.1) is 6.54 Å². The maximum atomic E-state index is 4.20. The predicted octanol–water partition coefficient (Wildman–Crippen LogP) is 3.72. The number of hydrogen-bond acceptors (Lipinski definition) is 5. The van der Waals surface area contributed by atoms with E-state index in [-0.39, 0.29) is 0 Å². The van der Waals surface area contributed by atoms with E-state index >= 15 is 0 Å². The molecule has 0 radical (unpaired) electrons. The summed E-state index contributed by atoms with van der Waals surface area (Å²) in [4.78, 5) is 9.54. The molecule has 0 aromatic carbocycles. The van der Waals surface area contributed by atoms with Gasteiger partial charge in [-0.2, -0.15) is 0 Å². The first-order valence-corrected chi connectivity index (χ1v) is 7.33. The lowest BCUT2D eigenvalue weighted by atomic mass is 10.4. The van der Waals surface area contributed by atoms with Crippen molar-refractivity contribution in [2.24, 2.45) is 0 Å². The number of aromatic nitrogens is 2. The average molecular weight is 378 g/mol. The fraction of sp³-hybridized carbons (Fsp3) is 0.200. The zero-order valence-electron chi connectivity index (χ0n) is 9.00. The monoisotopic (exact) mass is 376 g/mol. The molecule has 2 aromatic heterocycles. The average Bonchev–Trinajstić information content (AvgIpc) is 2.74. The molecule has 0 aliphatic rings. The third-order valence-corrected chi connectivity index (χ3v) is 4.81. The smallest absolute Gasteiger partial charge is 0.146 e. The highest BCUT2D eigenvalue weighted by atomic mass is 79.9. The Morgan fingerprint density at radius 2 is 2.06 bits per heavy atom. The number of anilines is 2. The third kappa shape index (κ3) is 2.97. The van der Waals surface area contributed by atoms with E-state index in [1.807, 2.05) is 13.1 Å². The molecule has 0 saturated carbocycles. The zero-order valence-corrected chi connectivity index (χ0v) is 13.0. The van der Waals surface area contributed by atoms with Gasteiger partial charge in [0, 0.05) is 16.4 Å². The molecule has 0 amide bonds. The van der Waals surface area contributed by atoms with Gasteiger partial charge in [-0.1, -0.05) is 0 Å². The second-order valence-corrected chi connectivity index (χ2v) is 5.83. The molecule has 2 rings (SSSR count). The minimum atomic E-state index is 0.733. The van der Waals surface area contributed by atoms with Gasteiger partial charge in [-0.3, -0.25) is 0 Å². The Kier molecular flexibility index (Phi) is 4.36. The molecule has 0 unspecified atom stereocenters. The number of nitrogens with zero attached hydrogens (tertiary/aromatic N) is 2. The molecule has 0 atom stereocenters. The molecule has 2 aromatic rings. The molecule has 4 nitrogen and oxygen atoms in total.